The highest BCUT2D eigenvalue weighted by atomic mass is 16.5. The van der Waals surface area contributed by atoms with Crippen molar-refractivity contribution < 1.29 is 9.53 Å². The molecule has 1 N–H and O–H groups in total. The van der Waals surface area contributed by atoms with E-state index >= 15 is 0 Å². The molecule has 1 amide bonds. The highest BCUT2D eigenvalue weighted by Crippen LogP contribution is 2.19. The van der Waals surface area contributed by atoms with Crippen LogP contribution in [0.25, 0.3) is 0 Å². The first-order valence-electron chi connectivity index (χ1n) is 9.34. The number of rotatable bonds is 5. The van der Waals surface area contributed by atoms with Gasteiger partial charge in [0.25, 0.3) is 5.91 Å². The summed E-state index contributed by atoms with van der Waals surface area (Å²) in [6.45, 7) is 4.00. The summed E-state index contributed by atoms with van der Waals surface area (Å²) in [5.41, 5.74) is 1.50. The predicted octanol–water partition coefficient (Wildman–Crippen LogP) is 3.96. The zero-order valence-electron chi connectivity index (χ0n) is 15.6. The first-order chi connectivity index (χ1) is 12.7. The number of hydrogen-bond acceptors (Lipinski definition) is 4. The normalized spacial score (nSPS) is 15.8. The third-order valence-corrected chi connectivity index (χ3v) is 4.86. The van der Waals surface area contributed by atoms with E-state index in [9.17, 15) is 4.79 Å². The third kappa shape index (κ3) is 4.54. The van der Waals surface area contributed by atoms with Gasteiger partial charge in [-0.15, -0.1) is 0 Å². The highest BCUT2D eigenvalue weighted by molar-refractivity contribution is 5.92. The van der Waals surface area contributed by atoms with Crippen LogP contribution in [0.15, 0.2) is 42.5 Å². The lowest BCUT2D eigenvalue weighted by molar-refractivity contribution is 0.0935. The maximum Gasteiger partial charge on any atom is 0.270 e. The number of benzene rings is 1. The van der Waals surface area contributed by atoms with Crippen molar-refractivity contribution in [1.29, 1.82) is 0 Å². The van der Waals surface area contributed by atoms with Gasteiger partial charge >= 0.3 is 0 Å². The second kappa shape index (κ2) is 8.70. The molecule has 1 aromatic heterocycles. The van der Waals surface area contributed by atoms with Gasteiger partial charge in [0.05, 0.1) is 13.2 Å². The standard InChI is InChI=1S/C21H27N3O2/c1-16(17-10-12-18(26-2)13-11-17)22-21(25)19-8-7-9-20(23-19)24-14-5-3-4-6-15-24/h7-13,16H,3-6,14-15H2,1-2H3,(H,22,25). The van der Waals surface area contributed by atoms with E-state index in [2.05, 4.69) is 15.2 Å². The zero-order chi connectivity index (χ0) is 18.4. The SMILES string of the molecule is COc1ccc(C(C)NC(=O)c2cccc(N3CCCCCC3)n2)cc1. The number of nitrogens with zero attached hydrogens (tertiary/aromatic N) is 2. The minimum absolute atomic E-state index is 0.1000. The van der Waals surface area contributed by atoms with Gasteiger partial charge in [0.1, 0.15) is 17.3 Å². The molecule has 1 atom stereocenters. The molecule has 1 fully saturated rings. The Morgan fingerprint density at radius 1 is 1.08 bits per heavy atom. The molecule has 5 heteroatoms. The molecule has 1 unspecified atom stereocenters. The summed E-state index contributed by atoms with van der Waals surface area (Å²) in [5, 5.41) is 3.03. The number of anilines is 1. The minimum atomic E-state index is -0.148. The van der Waals surface area contributed by atoms with E-state index in [1.165, 1.54) is 25.7 Å². The van der Waals surface area contributed by atoms with Gasteiger partial charge in [-0.2, -0.15) is 0 Å². The quantitative estimate of drug-likeness (QED) is 0.884. The van der Waals surface area contributed by atoms with E-state index in [1.54, 1.807) is 13.2 Å². The molecule has 138 valence electrons. The van der Waals surface area contributed by atoms with Crippen molar-refractivity contribution in [3.63, 3.8) is 0 Å². The lowest BCUT2D eigenvalue weighted by atomic mass is 10.1. The molecule has 0 radical (unpaired) electrons. The number of nitrogens with one attached hydrogen (secondary N) is 1. The van der Waals surface area contributed by atoms with Crippen molar-refractivity contribution in [2.45, 2.75) is 38.6 Å². The van der Waals surface area contributed by atoms with Crippen LogP contribution in [-0.2, 0) is 0 Å². The maximum absolute atomic E-state index is 12.6. The fourth-order valence-electron chi connectivity index (χ4n) is 3.27. The van der Waals surface area contributed by atoms with Crippen LogP contribution in [0.1, 0.15) is 54.7 Å². The van der Waals surface area contributed by atoms with E-state index in [4.69, 9.17) is 4.74 Å². The van der Waals surface area contributed by atoms with Gasteiger partial charge in [-0.25, -0.2) is 4.98 Å². The van der Waals surface area contributed by atoms with Gasteiger partial charge in [-0.1, -0.05) is 31.0 Å². The third-order valence-electron chi connectivity index (χ3n) is 4.86. The highest BCUT2D eigenvalue weighted by Gasteiger charge is 2.16. The summed E-state index contributed by atoms with van der Waals surface area (Å²) in [7, 11) is 1.64. The largest absolute Gasteiger partial charge is 0.497 e. The topological polar surface area (TPSA) is 54.5 Å². The van der Waals surface area contributed by atoms with Gasteiger partial charge in [0, 0.05) is 13.1 Å². The van der Waals surface area contributed by atoms with Crippen molar-refractivity contribution in [2.24, 2.45) is 0 Å². The molecule has 0 aliphatic carbocycles. The van der Waals surface area contributed by atoms with E-state index in [1.807, 2.05) is 43.3 Å². The first-order valence-corrected chi connectivity index (χ1v) is 9.34. The van der Waals surface area contributed by atoms with Gasteiger partial charge in [-0.05, 0) is 49.6 Å². The second-order valence-electron chi connectivity index (χ2n) is 6.75. The van der Waals surface area contributed by atoms with Crippen LogP contribution in [0, 0.1) is 0 Å². The van der Waals surface area contributed by atoms with Crippen LogP contribution in [0.4, 0.5) is 5.82 Å². The first kappa shape index (κ1) is 18.2. The molecule has 3 rings (SSSR count). The van der Waals surface area contributed by atoms with Crippen molar-refractivity contribution in [3.8, 4) is 5.75 Å². The van der Waals surface area contributed by atoms with Gasteiger partial charge < -0.3 is 15.0 Å². The van der Waals surface area contributed by atoms with Gasteiger partial charge in [0.2, 0.25) is 0 Å². The summed E-state index contributed by atoms with van der Waals surface area (Å²) in [5.74, 6) is 1.56. The summed E-state index contributed by atoms with van der Waals surface area (Å²) < 4.78 is 5.18. The Morgan fingerprint density at radius 2 is 1.77 bits per heavy atom. The van der Waals surface area contributed by atoms with Crippen molar-refractivity contribution in [3.05, 3.63) is 53.7 Å². The van der Waals surface area contributed by atoms with Crippen molar-refractivity contribution >= 4 is 11.7 Å². The van der Waals surface area contributed by atoms with Crippen molar-refractivity contribution in [1.82, 2.24) is 10.3 Å². The molecule has 26 heavy (non-hydrogen) atoms. The minimum Gasteiger partial charge on any atom is -0.497 e. The molecule has 0 bridgehead atoms. The average molecular weight is 353 g/mol. The Hall–Kier alpha value is -2.56. The van der Waals surface area contributed by atoms with Crippen LogP contribution >= 0.6 is 0 Å². The van der Waals surface area contributed by atoms with Crippen LogP contribution in [0.5, 0.6) is 5.75 Å². The molecule has 0 saturated carbocycles. The van der Waals surface area contributed by atoms with E-state index in [-0.39, 0.29) is 11.9 Å². The maximum atomic E-state index is 12.6. The summed E-state index contributed by atoms with van der Waals surface area (Å²) in [6, 6.07) is 13.3. The van der Waals surface area contributed by atoms with Crippen LogP contribution in [0.3, 0.4) is 0 Å². The smallest absolute Gasteiger partial charge is 0.270 e. The molecule has 1 aliphatic heterocycles. The molecule has 2 aromatic rings. The Labute approximate surface area is 155 Å². The molecular weight excluding hydrogens is 326 g/mol. The van der Waals surface area contributed by atoms with Gasteiger partial charge in [0.15, 0.2) is 0 Å². The Balaban J connectivity index is 1.67. The number of methoxy groups -OCH3 is 1. The van der Waals surface area contributed by atoms with Crippen LogP contribution < -0.4 is 15.0 Å². The zero-order valence-corrected chi connectivity index (χ0v) is 15.6. The Bertz CT molecular complexity index is 722. The van der Waals surface area contributed by atoms with Crippen LogP contribution in [0.2, 0.25) is 0 Å². The average Bonchev–Trinajstić information content (AvgIpc) is 2.97. The number of aromatic nitrogens is 1. The Kier molecular flexibility index (Phi) is 6.10. The van der Waals surface area contributed by atoms with Crippen LogP contribution in [-0.4, -0.2) is 31.1 Å². The Morgan fingerprint density at radius 3 is 2.42 bits per heavy atom. The number of pyridine rings is 1. The summed E-state index contributed by atoms with van der Waals surface area (Å²) >= 11 is 0. The molecule has 1 aliphatic rings. The molecule has 2 heterocycles. The lowest BCUT2D eigenvalue weighted by Crippen LogP contribution is -2.29. The predicted molar refractivity (Wildman–Crippen MR) is 104 cm³/mol. The molecule has 1 saturated heterocycles. The number of carbonyl (C=O) groups excluding carboxylic acids is 1. The van der Waals surface area contributed by atoms with Gasteiger partial charge in [-0.3, -0.25) is 4.79 Å². The number of amides is 1. The summed E-state index contributed by atoms with van der Waals surface area (Å²) in [6.07, 6.45) is 4.92. The molecule has 1 aromatic carbocycles. The monoisotopic (exact) mass is 353 g/mol. The van der Waals surface area contributed by atoms with E-state index in [0.29, 0.717) is 5.69 Å². The summed E-state index contributed by atoms with van der Waals surface area (Å²) in [4.78, 5) is 19.5. The second-order valence-corrected chi connectivity index (χ2v) is 6.75. The molecular formula is C21H27N3O2. The number of hydrogen-bond donors (Lipinski definition) is 1. The van der Waals surface area contributed by atoms with E-state index in [0.717, 1.165) is 30.2 Å². The number of carbonyl (C=O) groups is 1. The molecule has 0 spiro atoms. The van der Waals surface area contributed by atoms with Crippen molar-refractivity contribution in [2.75, 3.05) is 25.1 Å². The fourth-order valence-corrected chi connectivity index (χ4v) is 3.27. The fraction of sp³-hybridized carbons (Fsp3) is 0.429. The molecule has 5 nitrogen and oxygen atoms in total. The lowest BCUT2D eigenvalue weighted by Gasteiger charge is -2.22. The number of ether oxygens (including phenoxy) is 1. The van der Waals surface area contributed by atoms with E-state index < -0.39 is 0 Å².